The van der Waals surface area contributed by atoms with Crippen LogP contribution < -0.4 is 10.1 Å². The molecular weight excluding hydrogens is 224 g/mol. The van der Waals surface area contributed by atoms with E-state index in [2.05, 4.69) is 22.4 Å². The fraction of sp³-hybridized carbons (Fsp3) is 0.533. The molecule has 3 nitrogen and oxygen atoms in total. The Balaban J connectivity index is 1.87. The van der Waals surface area contributed by atoms with E-state index in [9.17, 15) is 0 Å². The van der Waals surface area contributed by atoms with Gasteiger partial charge in [0.05, 0.1) is 12.8 Å². The summed E-state index contributed by atoms with van der Waals surface area (Å²) in [4.78, 5) is 4.43. The highest BCUT2D eigenvalue weighted by Gasteiger charge is 2.30. The molecule has 3 rings (SSSR count). The van der Waals surface area contributed by atoms with Gasteiger partial charge in [-0.2, -0.15) is 0 Å². The fourth-order valence-corrected chi connectivity index (χ4v) is 3.10. The molecule has 2 heterocycles. The molecule has 0 spiro atoms. The quantitative estimate of drug-likeness (QED) is 0.867. The zero-order valence-electron chi connectivity index (χ0n) is 11.1. The van der Waals surface area contributed by atoms with Crippen molar-refractivity contribution < 1.29 is 4.74 Å². The maximum Gasteiger partial charge on any atom is 0.140 e. The first-order valence-corrected chi connectivity index (χ1v) is 6.70. The lowest BCUT2D eigenvalue weighted by atomic mass is 9.89. The van der Waals surface area contributed by atoms with Crippen LogP contribution in [-0.2, 0) is 0 Å². The Bertz CT molecular complexity index is 481. The number of aryl methyl sites for hydroxylation is 1. The van der Waals surface area contributed by atoms with E-state index < -0.39 is 0 Å². The average molecular weight is 244 g/mol. The summed E-state index contributed by atoms with van der Waals surface area (Å²) < 4.78 is 5.36. The molecule has 0 saturated carbocycles. The van der Waals surface area contributed by atoms with Gasteiger partial charge in [0, 0.05) is 12.7 Å². The maximum atomic E-state index is 5.36. The van der Waals surface area contributed by atoms with Gasteiger partial charge in [0.15, 0.2) is 0 Å². The number of methoxy groups -OCH3 is 1. The minimum Gasteiger partial charge on any atom is -0.495 e. The van der Waals surface area contributed by atoms with Crippen molar-refractivity contribution in [2.24, 2.45) is 11.8 Å². The zero-order chi connectivity index (χ0) is 12.5. The van der Waals surface area contributed by atoms with Crippen LogP contribution in [0.2, 0.25) is 0 Å². The van der Waals surface area contributed by atoms with E-state index in [1.54, 1.807) is 7.11 Å². The lowest BCUT2D eigenvalue weighted by Gasteiger charge is -2.25. The Labute approximate surface area is 108 Å². The normalized spacial score (nSPS) is 26.7. The van der Waals surface area contributed by atoms with Crippen LogP contribution in [0.15, 0.2) is 18.3 Å². The summed E-state index contributed by atoms with van der Waals surface area (Å²) in [7, 11) is 1.71. The number of ether oxygens (including phenoxy) is 1. The summed E-state index contributed by atoms with van der Waals surface area (Å²) in [5.74, 6) is 2.43. The second-order valence-corrected chi connectivity index (χ2v) is 5.32. The van der Waals surface area contributed by atoms with Crippen molar-refractivity contribution in [1.82, 2.24) is 10.3 Å². The van der Waals surface area contributed by atoms with Crippen LogP contribution in [0.3, 0.4) is 0 Å². The molecule has 0 radical (unpaired) electrons. The van der Waals surface area contributed by atoms with Crippen molar-refractivity contribution in [3.8, 4) is 5.75 Å². The number of aromatic nitrogens is 1. The predicted octanol–water partition coefficient (Wildman–Crippen LogP) is 2.41. The van der Waals surface area contributed by atoms with Gasteiger partial charge in [0.1, 0.15) is 5.75 Å². The number of nitrogens with zero attached hydrogens (tertiary/aromatic N) is 1. The summed E-state index contributed by atoms with van der Waals surface area (Å²) in [5.41, 5.74) is 3.63. The van der Waals surface area contributed by atoms with E-state index in [0.717, 1.165) is 30.5 Å². The lowest BCUT2D eigenvalue weighted by molar-refractivity contribution is 0.323. The van der Waals surface area contributed by atoms with Crippen LogP contribution in [-0.4, -0.2) is 25.2 Å². The van der Waals surface area contributed by atoms with Gasteiger partial charge in [-0.1, -0.05) is 6.08 Å². The van der Waals surface area contributed by atoms with Gasteiger partial charge >= 0.3 is 0 Å². The number of nitrogens with one attached hydrogen (secondary N) is 1. The van der Waals surface area contributed by atoms with E-state index in [1.165, 1.54) is 24.0 Å². The highest BCUT2D eigenvalue weighted by Crippen LogP contribution is 2.39. The van der Waals surface area contributed by atoms with Gasteiger partial charge in [-0.15, -0.1) is 0 Å². The first-order valence-electron chi connectivity index (χ1n) is 6.70. The Morgan fingerprint density at radius 3 is 3.11 bits per heavy atom. The Morgan fingerprint density at radius 2 is 2.33 bits per heavy atom. The minimum atomic E-state index is 0.709. The third kappa shape index (κ3) is 2.03. The predicted molar refractivity (Wildman–Crippen MR) is 72.6 cm³/mol. The third-order valence-corrected chi connectivity index (χ3v) is 4.21. The van der Waals surface area contributed by atoms with Gasteiger partial charge in [0.25, 0.3) is 0 Å². The average Bonchev–Trinajstić information content (AvgIpc) is 2.83. The van der Waals surface area contributed by atoms with Crippen molar-refractivity contribution in [2.45, 2.75) is 19.8 Å². The second-order valence-electron chi connectivity index (χ2n) is 5.32. The van der Waals surface area contributed by atoms with Crippen LogP contribution in [0.5, 0.6) is 5.75 Å². The maximum absolute atomic E-state index is 5.36. The van der Waals surface area contributed by atoms with Crippen molar-refractivity contribution in [1.29, 1.82) is 0 Å². The molecule has 1 aromatic heterocycles. The van der Waals surface area contributed by atoms with Gasteiger partial charge in [-0.25, -0.2) is 0 Å². The zero-order valence-corrected chi connectivity index (χ0v) is 11.1. The van der Waals surface area contributed by atoms with Crippen molar-refractivity contribution >= 4 is 5.57 Å². The molecule has 1 aliphatic heterocycles. The molecule has 1 aromatic rings. The standard InChI is InChI=1S/C15H20N2O/c1-10-15(18-2)7-14(9-17-10)12-5-11-3-4-16-8-13(11)6-12/h6-7,9,11,13,16H,3-5,8H2,1-2H3/t11-,13-/m1/s1. The van der Waals surface area contributed by atoms with E-state index >= 15 is 0 Å². The largest absolute Gasteiger partial charge is 0.495 e. The van der Waals surface area contributed by atoms with Crippen LogP contribution in [0.25, 0.3) is 5.57 Å². The van der Waals surface area contributed by atoms with E-state index in [1.807, 2.05) is 13.1 Å². The van der Waals surface area contributed by atoms with E-state index in [-0.39, 0.29) is 0 Å². The Hall–Kier alpha value is -1.35. The second kappa shape index (κ2) is 4.73. The van der Waals surface area contributed by atoms with Crippen LogP contribution >= 0.6 is 0 Å². The third-order valence-electron chi connectivity index (χ3n) is 4.21. The Morgan fingerprint density at radius 1 is 1.44 bits per heavy atom. The number of piperidine rings is 1. The van der Waals surface area contributed by atoms with Crippen LogP contribution in [0.4, 0.5) is 0 Å². The summed E-state index contributed by atoms with van der Waals surface area (Å²) >= 11 is 0. The molecular formula is C15H20N2O. The molecule has 0 unspecified atom stereocenters. The molecule has 2 aliphatic rings. The first-order chi connectivity index (χ1) is 8.78. The van der Waals surface area contributed by atoms with Gasteiger partial charge < -0.3 is 10.1 Å². The number of hydrogen-bond donors (Lipinski definition) is 1. The van der Waals surface area contributed by atoms with Gasteiger partial charge in [0.2, 0.25) is 0 Å². The van der Waals surface area contributed by atoms with Crippen molar-refractivity contribution in [2.75, 3.05) is 20.2 Å². The molecule has 2 atom stereocenters. The first kappa shape index (κ1) is 11.7. The molecule has 96 valence electrons. The van der Waals surface area contributed by atoms with Crippen LogP contribution in [0, 0.1) is 18.8 Å². The van der Waals surface area contributed by atoms with E-state index in [4.69, 9.17) is 4.74 Å². The molecule has 1 fully saturated rings. The highest BCUT2D eigenvalue weighted by atomic mass is 16.5. The van der Waals surface area contributed by atoms with Crippen molar-refractivity contribution in [3.05, 3.63) is 29.6 Å². The smallest absolute Gasteiger partial charge is 0.140 e. The number of fused-ring (bicyclic) bond motifs is 1. The molecule has 18 heavy (non-hydrogen) atoms. The number of allylic oxidation sites excluding steroid dienone is 1. The molecule has 3 heteroatoms. The topological polar surface area (TPSA) is 34.1 Å². The lowest BCUT2D eigenvalue weighted by Crippen LogP contribution is -2.33. The summed E-state index contributed by atoms with van der Waals surface area (Å²) in [6, 6.07) is 2.12. The minimum absolute atomic E-state index is 0.709. The van der Waals surface area contributed by atoms with Crippen molar-refractivity contribution in [3.63, 3.8) is 0 Å². The molecule has 0 amide bonds. The molecule has 0 bridgehead atoms. The summed E-state index contributed by atoms with van der Waals surface area (Å²) in [6.45, 7) is 4.28. The molecule has 0 aromatic carbocycles. The van der Waals surface area contributed by atoms with E-state index in [0.29, 0.717) is 5.92 Å². The SMILES string of the molecule is COc1cc(C2=C[C@@H]3CNCC[C@@H]3C2)cnc1C. The number of rotatable bonds is 2. The van der Waals surface area contributed by atoms with Gasteiger partial charge in [-0.05, 0) is 55.3 Å². The van der Waals surface area contributed by atoms with Gasteiger partial charge in [-0.3, -0.25) is 4.98 Å². The number of pyridine rings is 1. The highest BCUT2D eigenvalue weighted by molar-refractivity contribution is 5.68. The fourth-order valence-electron chi connectivity index (χ4n) is 3.10. The monoisotopic (exact) mass is 244 g/mol. The molecule has 1 N–H and O–H groups in total. The molecule has 1 saturated heterocycles. The summed E-state index contributed by atoms with van der Waals surface area (Å²) in [6.07, 6.45) is 6.90. The molecule has 1 aliphatic carbocycles. The number of hydrogen-bond acceptors (Lipinski definition) is 3. The Kier molecular flexibility index (Phi) is 3.08. The van der Waals surface area contributed by atoms with Crippen LogP contribution in [0.1, 0.15) is 24.1 Å². The summed E-state index contributed by atoms with van der Waals surface area (Å²) in [5, 5.41) is 3.47.